The van der Waals surface area contributed by atoms with Crippen LogP contribution in [-0.2, 0) is 6.54 Å². The molecule has 116 valence electrons. The fourth-order valence-corrected chi connectivity index (χ4v) is 1.80. The number of benzene rings is 2. The van der Waals surface area contributed by atoms with Gasteiger partial charge in [-0.2, -0.15) is 0 Å². The largest absolute Gasteiger partial charge is 0.348 e. The number of amides is 1. The summed E-state index contributed by atoms with van der Waals surface area (Å²) in [5.74, 6) is -12.4. The molecule has 0 aliphatic rings. The lowest BCUT2D eigenvalue weighted by Crippen LogP contribution is -2.26. The van der Waals surface area contributed by atoms with Gasteiger partial charge in [-0.25, -0.2) is 22.0 Å². The Hall–Kier alpha value is -2.15. The van der Waals surface area contributed by atoms with E-state index in [2.05, 4.69) is 5.32 Å². The van der Waals surface area contributed by atoms with E-state index in [0.29, 0.717) is 10.6 Å². The van der Waals surface area contributed by atoms with Crippen molar-refractivity contribution in [3.63, 3.8) is 0 Å². The van der Waals surface area contributed by atoms with E-state index < -0.39 is 40.6 Å². The second kappa shape index (κ2) is 6.31. The molecule has 0 saturated carbocycles. The minimum absolute atomic E-state index is 0.171. The molecule has 0 aliphatic heterocycles. The molecular weight excluding hydrogens is 329 g/mol. The van der Waals surface area contributed by atoms with Crippen molar-refractivity contribution in [2.45, 2.75) is 6.54 Å². The molecular formula is C14H7ClF5NO. The zero-order valence-electron chi connectivity index (χ0n) is 10.7. The lowest BCUT2D eigenvalue weighted by Gasteiger charge is -2.09. The van der Waals surface area contributed by atoms with Gasteiger partial charge in [-0.3, -0.25) is 4.79 Å². The molecule has 8 heteroatoms. The number of hydrogen-bond donors (Lipinski definition) is 1. The van der Waals surface area contributed by atoms with Gasteiger partial charge in [0.05, 0.1) is 0 Å². The Morgan fingerprint density at radius 3 is 1.82 bits per heavy atom. The molecule has 0 spiro atoms. The van der Waals surface area contributed by atoms with E-state index in [0.717, 1.165) is 0 Å². The average Bonchev–Trinajstić information content (AvgIpc) is 2.50. The fraction of sp³-hybridized carbons (Fsp3) is 0.0714. The Balaban J connectivity index is 2.25. The van der Waals surface area contributed by atoms with Crippen molar-refractivity contribution in [3.05, 3.63) is 69.5 Å². The summed E-state index contributed by atoms with van der Waals surface area (Å²) in [6.45, 7) is -0.171. The number of hydrogen-bond acceptors (Lipinski definition) is 1. The van der Waals surface area contributed by atoms with Crippen LogP contribution in [0.3, 0.4) is 0 Å². The number of carbonyl (C=O) groups excluding carboxylic acids is 1. The van der Waals surface area contributed by atoms with E-state index in [9.17, 15) is 26.7 Å². The maximum Gasteiger partial charge on any atom is 0.257 e. The van der Waals surface area contributed by atoms with Crippen molar-refractivity contribution in [2.75, 3.05) is 0 Å². The van der Waals surface area contributed by atoms with Crippen LogP contribution >= 0.6 is 11.6 Å². The Morgan fingerprint density at radius 1 is 0.864 bits per heavy atom. The van der Waals surface area contributed by atoms with Gasteiger partial charge in [0.25, 0.3) is 5.91 Å². The summed E-state index contributed by atoms with van der Waals surface area (Å²) < 4.78 is 65.8. The van der Waals surface area contributed by atoms with Crippen molar-refractivity contribution in [3.8, 4) is 0 Å². The predicted octanol–water partition coefficient (Wildman–Crippen LogP) is 3.97. The van der Waals surface area contributed by atoms with Gasteiger partial charge in [0.1, 0.15) is 5.56 Å². The number of carbonyl (C=O) groups is 1. The third-order valence-electron chi connectivity index (χ3n) is 2.80. The molecule has 1 N–H and O–H groups in total. The average molecular weight is 336 g/mol. The van der Waals surface area contributed by atoms with Crippen LogP contribution in [0.2, 0.25) is 5.02 Å². The topological polar surface area (TPSA) is 29.1 Å². The summed E-state index contributed by atoms with van der Waals surface area (Å²) in [5, 5.41) is 2.51. The van der Waals surface area contributed by atoms with Gasteiger partial charge >= 0.3 is 0 Å². The molecule has 0 heterocycles. The highest BCUT2D eigenvalue weighted by atomic mass is 35.5. The van der Waals surface area contributed by atoms with E-state index in [1.54, 1.807) is 0 Å². The highest BCUT2D eigenvalue weighted by Gasteiger charge is 2.29. The maximum atomic E-state index is 13.4. The number of nitrogens with one attached hydrogen (secondary N) is 1. The van der Waals surface area contributed by atoms with Crippen molar-refractivity contribution < 1.29 is 26.7 Å². The van der Waals surface area contributed by atoms with Crippen molar-refractivity contribution in [2.24, 2.45) is 0 Å². The van der Waals surface area contributed by atoms with Crippen LogP contribution in [0.4, 0.5) is 22.0 Å². The first-order valence-corrected chi connectivity index (χ1v) is 6.24. The molecule has 22 heavy (non-hydrogen) atoms. The summed E-state index contributed by atoms with van der Waals surface area (Å²) in [5.41, 5.74) is -0.994. The van der Waals surface area contributed by atoms with Gasteiger partial charge in [-0.1, -0.05) is 23.7 Å². The molecule has 0 aliphatic carbocycles. The molecule has 0 radical (unpaired) electrons. The lowest BCUT2D eigenvalue weighted by molar-refractivity contribution is 0.0939. The van der Waals surface area contributed by atoms with E-state index in [-0.39, 0.29) is 6.54 Å². The first kappa shape index (κ1) is 16.2. The van der Waals surface area contributed by atoms with Gasteiger partial charge < -0.3 is 5.32 Å². The highest BCUT2D eigenvalue weighted by Crippen LogP contribution is 2.23. The minimum atomic E-state index is -2.32. The Labute approximate surface area is 126 Å². The van der Waals surface area contributed by atoms with Crippen molar-refractivity contribution >= 4 is 17.5 Å². The molecule has 0 saturated heterocycles. The fourth-order valence-electron chi connectivity index (χ4n) is 1.68. The quantitative estimate of drug-likeness (QED) is 0.513. The van der Waals surface area contributed by atoms with Crippen LogP contribution in [0, 0.1) is 29.1 Å². The van der Waals surface area contributed by atoms with Crippen LogP contribution in [-0.4, -0.2) is 5.91 Å². The normalized spacial score (nSPS) is 10.6. The predicted molar refractivity (Wildman–Crippen MR) is 68.9 cm³/mol. The summed E-state index contributed by atoms with van der Waals surface area (Å²) in [7, 11) is 0. The minimum Gasteiger partial charge on any atom is -0.348 e. The molecule has 1 amide bonds. The zero-order chi connectivity index (χ0) is 16.4. The third-order valence-corrected chi connectivity index (χ3v) is 3.06. The van der Waals surface area contributed by atoms with Gasteiger partial charge in [0.2, 0.25) is 5.82 Å². The Morgan fingerprint density at radius 2 is 1.32 bits per heavy atom. The molecule has 0 fully saturated rings. The van der Waals surface area contributed by atoms with Crippen LogP contribution < -0.4 is 5.32 Å². The first-order chi connectivity index (χ1) is 10.3. The molecule has 2 aromatic rings. The molecule has 2 aromatic carbocycles. The van der Waals surface area contributed by atoms with Crippen molar-refractivity contribution in [1.29, 1.82) is 0 Å². The molecule has 2 rings (SSSR count). The van der Waals surface area contributed by atoms with E-state index >= 15 is 0 Å². The van der Waals surface area contributed by atoms with Crippen molar-refractivity contribution in [1.82, 2.24) is 5.32 Å². The number of halogens is 6. The highest BCUT2D eigenvalue weighted by molar-refractivity contribution is 6.30. The molecule has 0 unspecified atom stereocenters. The molecule has 0 bridgehead atoms. The Bertz CT molecular complexity index is 704. The third kappa shape index (κ3) is 3.04. The van der Waals surface area contributed by atoms with Crippen LogP contribution in [0.15, 0.2) is 24.3 Å². The van der Waals surface area contributed by atoms with Gasteiger partial charge in [-0.05, 0) is 17.7 Å². The first-order valence-electron chi connectivity index (χ1n) is 5.87. The molecule has 0 atom stereocenters. The molecule has 0 aromatic heterocycles. The van der Waals surface area contributed by atoms with Gasteiger partial charge in [-0.15, -0.1) is 0 Å². The summed E-state index contributed by atoms with van der Waals surface area (Å²) in [6.07, 6.45) is 0. The zero-order valence-corrected chi connectivity index (χ0v) is 11.4. The van der Waals surface area contributed by atoms with E-state index in [1.807, 2.05) is 0 Å². The second-order valence-electron chi connectivity index (χ2n) is 4.25. The van der Waals surface area contributed by atoms with Gasteiger partial charge in [0, 0.05) is 11.6 Å². The summed E-state index contributed by atoms with van der Waals surface area (Å²) in [6, 6.07) is 6.09. The van der Waals surface area contributed by atoms with E-state index in [1.165, 1.54) is 24.3 Å². The summed E-state index contributed by atoms with van der Waals surface area (Å²) >= 11 is 5.66. The number of rotatable bonds is 3. The van der Waals surface area contributed by atoms with E-state index in [4.69, 9.17) is 11.6 Å². The lowest BCUT2D eigenvalue weighted by atomic mass is 10.1. The monoisotopic (exact) mass is 335 g/mol. The van der Waals surface area contributed by atoms with Crippen LogP contribution in [0.1, 0.15) is 15.9 Å². The van der Waals surface area contributed by atoms with Crippen LogP contribution in [0.25, 0.3) is 0 Å². The van der Waals surface area contributed by atoms with Crippen LogP contribution in [0.5, 0.6) is 0 Å². The molecule has 2 nitrogen and oxygen atoms in total. The SMILES string of the molecule is O=C(NCc1ccc(Cl)cc1)c1c(F)c(F)c(F)c(F)c1F. The summed E-state index contributed by atoms with van der Waals surface area (Å²) in [4.78, 5) is 11.7. The second-order valence-corrected chi connectivity index (χ2v) is 4.69. The van der Waals surface area contributed by atoms with Gasteiger partial charge in [0.15, 0.2) is 23.3 Å². The Kier molecular flexibility index (Phi) is 4.65. The smallest absolute Gasteiger partial charge is 0.257 e. The standard InChI is InChI=1S/C14H7ClF5NO/c15-7-3-1-6(2-4-7)5-21-14(22)8-9(16)11(18)13(20)12(19)10(8)17/h1-4H,5H2,(H,21,22). The maximum absolute atomic E-state index is 13.4.